The SMILES string of the molecule is CC(C)[C@@H](C(=O)NCCN1C(=O)S/C(=C/c2ccccc2)C1=O)N1C(=O)c2ccccc2C1=O. The highest BCUT2D eigenvalue weighted by Crippen LogP contribution is 2.32. The number of nitrogens with one attached hydrogen (secondary N) is 1. The Bertz CT molecular complexity index is 1170. The molecular weight excluding hydrogens is 454 g/mol. The van der Waals surface area contributed by atoms with E-state index in [0.717, 1.165) is 27.1 Å². The summed E-state index contributed by atoms with van der Waals surface area (Å²) in [5.74, 6) is -2.30. The molecule has 2 heterocycles. The van der Waals surface area contributed by atoms with E-state index in [1.807, 2.05) is 30.3 Å². The number of imide groups is 2. The average Bonchev–Trinajstić information content (AvgIpc) is 3.22. The van der Waals surface area contributed by atoms with Crippen molar-refractivity contribution in [3.05, 3.63) is 76.2 Å². The van der Waals surface area contributed by atoms with E-state index in [4.69, 9.17) is 0 Å². The van der Waals surface area contributed by atoms with Crippen molar-refractivity contribution in [1.82, 2.24) is 15.1 Å². The maximum absolute atomic E-state index is 13.0. The number of carbonyl (C=O) groups excluding carboxylic acids is 5. The van der Waals surface area contributed by atoms with Crippen molar-refractivity contribution in [2.45, 2.75) is 19.9 Å². The Balaban J connectivity index is 1.40. The van der Waals surface area contributed by atoms with E-state index in [2.05, 4.69) is 5.32 Å². The first-order valence-corrected chi connectivity index (χ1v) is 11.7. The predicted octanol–water partition coefficient (Wildman–Crippen LogP) is 3.16. The molecule has 2 aromatic carbocycles. The molecule has 2 aliphatic rings. The zero-order valence-corrected chi connectivity index (χ0v) is 19.5. The van der Waals surface area contributed by atoms with Gasteiger partial charge in [-0.2, -0.15) is 0 Å². The van der Waals surface area contributed by atoms with Crippen LogP contribution in [0, 0.1) is 5.92 Å². The van der Waals surface area contributed by atoms with E-state index in [1.165, 1.54) is 0 Å². The molecule has 4 rings (SSSR count). The first-order chi connectivity index (χ1) is 16.3. The third-order valence-corrected chi connectivity index (χ3v) is 6.52. The molecule has 0 aliphatic carbocycles. The van der Waals surface area contributed by atoms with Crippen LogP contribution in [0.15, 0.2) is 59.5 Å². The van der Waals surface area contributed by atoms with Gasteiger partial charge >= 0.3 is 0 Å². The lowest BCUT2D eigenvalue weighted by Gasteiger charge is -2.28. The second-order valence-corrected chi connectivity index (χ2v) is 9.24. The number of hydrogen-bond donors (Lipinski definition) is 1. The standard InChI is InChI=1S/C25H23N3O5S/c1-15(2)20(28-22(30)17-10-6-7-11-18(17)23(28)31)21(29)26-12-13-27-24(32)19(34-25(27)33)14-16-8-4-3-5-9-16/h3-11,14-15,20H,12-13H2,1-2H3,(H,26,29)/b19-14+/t20-/m0/s1. The lowest BCUT2D eigenvalue weighted by atomic mass is 10.0. The maximum Gasteiger partial charge on any atom is 0.293 e. The van der Waals surface area contributed by atoms with Crippen LogP contribution < -0.4 is 5.32 Å². The fourth-order valence-electron chi connectivity index (χ4n) is 3.97. The number of rotatable bonds is 7. The highest BCUT2D eigenvalue weighted by molar-refractivity contribution is 8.18. The summed E-state index contributed by atoms with van der Waals surface area (Å²) in [6.07, 6.45) is 1.65. The van der Waals surface area contributed by atoms with Gasteiger partial charge < -0.3 is 5.32 Å². The molecule has 1 fully saturated rings. The average molecular weight is 478 g/mol. The van der Waals surface area contributed by atoms with E-state index in [9.17, 15) is 24.0 Å². The predicted molar refractivity (Wildman–Crippen MR) is 128 cm³/mol. The maximum atomic E-state index is 13.0. The third-order valence-electron chi connectivity index (χ3n) is 5.61. The van der Waals surface area contributed by atoms with Crippen LogP contribution in [0.2, 0.25) is 0 Å². The Morgan fingerprint density at radius 2 is 1.50 bits per heavy atom. The lowest BCUT2D eigenvalue weighted by molar-refractivity contribution is -0.127. The topological polar surface area (TPSA) is 104 Å². The first-order valence-electron chi connectivity index (χ1n) is 10.8. The fourth-order valence-corrected chi connectivity index (χ4v) is 4.83. The fraction of sp³-hybridized carbons (Fsp3) is 0.240. The quantitative estimate of drug-likeness (QED) is 0.485. The number of amides is 5. The molecule has 5 amide bonds. The summed E-state index contributed by atoms with van der Waals surface area (Å²) in [5.41, 5.74) is 1.35. The Morgan fingerprint density at radius 3 is 2.09 bits per heavy atom. The molecule has 9 heteroatoms. The summed E-state index contributed by atoms with van der Waals surface area (Å²) >= 11 is 0.849. The summed E-state index contributed by atoms with van der Waals surface area (Å²) < 4.78 is 0. The zero-order chi connectivity index (χ0) is 24.4. The molecule has 8 nitrogen and oxygen atoms in total. The Kier molecular flexibility index (Phi) is 6.65. The van der Waals surface area contributed by atoms with Gasteiger partial charge in [0.2, 0.25) is 5.91 Å². The van der Waals surface area contributed by atoms with Crippen molar-refractivity contribution in [3.63, 3.8) is 0 Å². The van der Waals surface area contributed by atoms with E-state index in [-0.39, 0.29) is 30.1 Å². The number of thioether (sulfide) groups is 1. The van der Waals surface area contributed by atoms with Crippen molar-refractivity contribution < 1.29 is 24.0 Å². The number of nitrogens with zero attached hydrogens (tertiary/aromatic N) is 2. The Morgan fingerprint density at radius 1 is 0.912 bits per heavy atom. The van der Waals surface area contributed by atoms with Crippen LogP contribution >= 0.6 is 11.8 Å². The normalized spacial score (nSPS) is 17.7. The lowest BCUT2D eigenvalue weighted by Crippen LogP contribution is -2.53. The molecule has 34 heavy (non-hydrogen) atoms. The molecule has 2 aromatic rings. The van der Waals surface area contributed by atoms with Crippen LogP contribution in [-0.2, 0) is 9.59 Å². The van der Waals surface area contributed by atoms with Crippen molar-refractivity contribution in [2.24, 2.45) is 5.92 Å². The molecule has 0 unspecified atom stereocenters. The van der Waals surface area contributed by atoms with Crippen LogP contribution in [0.5, 0.6) is 0 Å². The van der Waals surface area contributed by atoms with Crippen molar-refractivity contribution in [3.8, 4) is 0 Å². The van der Waals surface area contributed by atoms with Crippen LogP contribution in [0.25, 0.3) is 6.08 Å². The molecule has 0 aromatic heterocycles. The number of fused-ring (bicyclic) bond motifs is 1. The van der Waals surface area contributed by atoms with Gasteiger partial charge in [-0.05, 0) is 41.5 Å². The van der Waals surface area contributed by atoms with Gasteiger partial charge in [0.1, 0.15) is 6.04 Å². The van der Waals surface area contributed by atoms with Crippen LogP contribution in [-0.4, -0.2) is 57.8 Å². The van der Waals surface area contributed by atoms with Gasteiger partial charge in [0.05, 0.1) is 16.0 Å². The molecule has 0 spiro atoms. The highest BCUT2D eigenvalue weighted by atomic mass is 32.2. The largest absolute Gasteiger partial charge is 0.352 e. The molecule has 1 N–H and O–H groups in total. The smallest absolute Gasteiger partial charge is 0.293 e. The van der Waals surface area contributed by atoms with E-state index < -0.39 is 34.9 Å². The van der Waals surface area contributed by atoms with Gasteiger partial charge in [-0.15, -0.1) is 0 Å². The first kappa shape index (κ1) is 23.4. The molecular formula is C25H23N3O5S. The van der Waals surface area contributed by atoms with Gasteiger partial charge in [-0.3, -0.25) is 33.8 Å². The van der Waals surface area contributed by atoms with Gasteiger partial charge in [0, 0.05) is 13.1 Å². The molecule has 1 atom stereocenters. The number of carbonyl (C=O) groups is 5. The molecule has 0 radical (unpaired) electrons. The number of benzene rings is 2. The summed E-state index contributed by atoms with van der Waals surface area (Å²) in [4.78, 5) is 66.0. The second kappa shape index (κ2) is 9.64. The zero-order valence-electron chi connectivity index (χ0n) is 18.7. The van der Waals surface area contributed by atoms with Crippen molar-refractivity contribution >= 4 is 46.7 Å². The van der Waals surface area contributed by atoms with Crippen molar-refractivity contribution in [2.75, 3.05) is 13.1 Å². The van der Waals surface area contributed by atoms with Gasteiger partial charge in [0.15, 0.2) is 0 Å². The highest BCUT2D eigenvalue weighted by Gasteiger charge is 2.44. The summed E-state index contributed by atoms with van der Waals surface area (Å²) in [6, 6.07) is 14.6. The van der Waals surface area contributed by atoms with E-state index in [1.54, 1.807) is 44.2 Å². The van der Waals surface area contributed by atoms with Gasteiger partial charge in [-0.1, -0.05) is 56.3 Å². The van der Waals surface area contributed by atoms with Crippen molar-refractivity contribution in [1.29, 1.82) is 0 Å². The Hall–Kier alpha value is -3.72. The summed E-state index contributed by atoms with van der Waals surface area (Å²) in [5, 5.41) is 2.27. The Labute approximate surface area is 201 Å². The minimum atomic E-state index is -1.01. The third kappa shape index (κ3) is 4.38. The number of hydrogen-bond acceptors (Lipinski definition) is 6. The van der Waals surface area contributed by atoms with Crippen LogP contribution in [0.1, 0.15) is 40.1 Å². The van der Waals surface area contributed by atoms with E-state index in [0.29, 0.717) is 4.91 Å². The minimum absolute atomic E-state index is 0.00186. The molecule has 1 saturated heterocycles. The molecule has 2 aliphatic heterocycles. The molecule has 0 saturated carbocycles. The van der Waals surface area contributed by atoms with Crippen LogP contribution in [0.4, 0.5) is 4.79 Å². The summed E-state index contributed by atoms with van der Waals surface area (Å²) in [7, 11) is 0. The van der Waals surface area contributed by atoms with Crippen LogP contribution in [0.3, 0.4) is 0 Å². The van der Waals surface area contributed by atoms with Gasteiger partial charge in [-0.25, -0.2) is 0 Å². The minimum Gasteiger partial charge on any atom is -0.352 e. The monoisotopic (exact) mass is 477 g/mol. The molecule has 174 valence electrons. The molecule has 0 bridgehead atoms. The second-order valence-electron chi connectivity index (χ2n) is 8.25. The van der Waals surface area contributed by atoms with Gasteiger partial charge in [0.25, 0.3) is 23.0 Å². The van der Waals surface area contributed by atoms with E-state index >= 15 is 0 Å². The summed E-state index contributed by atoms with van der Waals surface area (Å²) in [6.45, 7) is 3.48.